The highest BCUT2D eigenvalue weighted by Gasteiger charge is 2.07. The number of carbonyl (C=O) groups is 1. The number of nitrogens with one attached hydrogen (secondary N) is 1. The second-order valence-electron chi connectivity index (χ2n) is 4.39. The van der Waals surface area contributed by atoms with E-state index in [9.17, 15) is 9.90 Å². The van der Waals surface area contributed by atoms with Gasteiger partial charge in [-0.3, -0.25) is 4.79 Å². The van der Waals surface area contributed by atoms with E-state index in [-0.39, 0.29) is 18.9 Å². The number of carbonyl (C=O) groups excluding carboxylic acids is 1. The fraction of sp³-hybridized carbons (Fsp3) is 0.188. The van der Waals surface area contributed by atoms with Gasteiger partial charge in [0.1, 0.15) is 5.75 Å². The molecule has 20 heavy (non-hydrogen) atoms. The molecule has 2 aromatic carbocycles. The average molecular weight is 271 g/mol. The van der Waals surface area contributed by atoms with Crippen molar-refractivity contribution < 1.29 is 14.6 Å². The first-order valence-corrected chi connectivity index (χ1v) is 6.34. The van der Waals surface area contributed by atoms with Crippen LogP contribution < -0.4 is 10.1 Å². The van der Waals surface area contributed by atoms with E-state index in [1.54, 1.807) is 19.2 Å². The number of ether oxygens (including phenoxy) is 1. The monoisotopic (exact) mass is 271 g/mol. The summed E-state index contributed by atoms with van der Waals surface area (Å²) in [4.78, 5) is 12.0. The maximum absolute atomic E-state index is 12.0. The number of hydrogen-bond donors (Lipinski definition) is 2. The molecule has 0 aliphatic carbocycles. The summed E-state index contributed by atoms with van der Waals surface area (Å²) < 4.78 is 5.07. The third-order valence-corrected chi connectivity index (χ3v) is 2.99. The number of methoxy groups -OCH3 is 1. The maximum Gasteiger partial charge on any atom is 0.228 e. The molecule has 104 valence electrons. The molecule has 0 atom stereocenters. The van der Waals surface area contributed by atoms with E-state index >= 15 is 0 Å². The normalized spacial score (nSPS) is 10.1. The third-order valence-electron chi connectivity index (χ3n) is 2.99. The molecule has 0 saturated carbocycles. The zero-order chi connectivity index (χ0) is 14.4. The molecule has 0 aromatic heterocycles. The number of aliphatic hydroxyl groups is 1. The van der Waals surface area contributed by atoms with Crippen LogP contribution in [0.3, 0.4) is 0 Å². The zero-order valence-corrected chi connectivity index (χ0v) is 11.3. The van der Waals surface area contributed by atoms with Crippen molar-refractivity contribution in [1.29, 1.82) is 0 Å². The Balaban J connectivity index is 2.01. The van der Waals surface area contributed by atoms with Gasteiger partial charge in [-0.15, -0.1) is 0 Å². The van der Waals surface area contributed by atoms with Gasteiger partial charge in [0.25, 0.3) is 0 Å². The molecule has 1 amide bonds. The fourth-order valence-corrected chi connectivity index (χ4v) is 1.90. The van der Waals surface area contributed by atoms with Gasteiger partial charge in [-0.1, -0.05) is 30.3 Å². The minimum Gasteiger partial charge on any atom is -0.497 e. The van der Waals surface area contributed by atoms with Crippen molar-refractivity contribution in [3.05, 3.63) is 59.7 Å². The topological polar surface area (TPSA) is 58.6 Å². The van der Waals surface area contributed by atoms with Gasteiger partial charge in [0.05, 0.1) is 20.1 Å². The highest BCUT2D eigenvalue weighted by atomic mass is 16.5. The Morgan fingerprint density at radius 3 is 2.50 bits per heavy atom. The van der Waals surface area contributed by atoms with Crippen molar-refractivity contribution >= 4 is 11.6 Å². The summed E-state index contributed by atoms with van der Waals surface area (Å²) in [5.74, 6) is 0.649. The summed E-state index contributed by atoms with van der Waals surface area (Å²) >= 11 is 0. The molecule has 2 N–H and O–H groups in total. The number of hydrogen-bond acceptors (Lipinski definition) is 3. The van der Waals surface area contributed by atoms with Crippen LogP contribution in [0.15, 0.2) is 48.5 Å². The number of anilines is 1. The molecular formula is C16H17NO3. The maximum atomic E-state index is 12.0. The average Bonchev–Trinajstić information content (AvgIpc) is 2.48. The molecule has 2 aromatic rings. The summed E-state index contributed by atoms with van der Waals surface area (Å²) in [6.45, 7) is -0.0982. The Hall–Kier alpha value is -2.33. The zero-order valence-electron chi connectivity index (χ0n) is 11.3. The predicted molar refractivity (Wildman–Crippen MR) is 77.7 cm³/mol. The molecular weight excluding hydrogens is 254 g/mol. The summed E-state index contributed by atoms with van der Waals surface area (Å²) in [6, 6.07) is 14.6. The van der Waals surface area contributed by atoms with Crippen LogP contribution in [0.4, 0.5) is 5.69 Å². The van der Waals surface area contributed by atoms with Crippen molar-refractivity contribution in [2.45, 2.75) is 13.0 Å². The van der Waals surface area contributed by atoms with Gasteiger partial charge in [0.2, 0.25) is 5.91 Å². The van der Waals surface area contributed by atoms with E-state index < -0.39 is 0 Å². The SMILES string of the molecule is COc1ccc(CC(=O)Nc2ccccc2CO)cc1. The Kier molecular flexibility index (Phi) is 4.74. The van der Waals surface area contributed by atoms with Crippen LogP contribution in [0.25, 0.3) is 0 Å². The quantitative estimate of drug-likeness (QED) is 0.877. The van der Waals surface area contributed by atoms with Crippen LogP contribution in [0, 0.1) is 0 Å². The van der Waals surface area contributed by atoms with Gasteiger partial charge in [0.15, 0.2) is 0 Å². The number of rotatable bonds is 5. The molecule has 0 saturated heterocycles. The van der Waals surface area contributed by atoms with Crippen LogP contribution >= 0.6 is 0 Å². The molecule has 0 aliphatic heterocycles. The Morgan fingerprint density at radius 1 is 1.15 bits per heavy atom. The first kappa shape index (κ1) is 14.1. The molecule has 0 heterocycles. The lowest BCUT2D eigenvalue weighted by atomic mass is 10.1. The molecule has 4 nitrogen and oxygen atoms in total. The molecule has 0 radical (unpaired) electrons. The lowest BCUT2D eigenvalue weighted by Crippen LogP contribution is -2.15. The van der Waals surface area contributed by atoms with Crippen molar-refractivity contribution in [3.63, 3.8) is 0 Å². The van der Waals surface area contributed by atoms with Crippen LogP contribution in [0.1, 0.15) is 11.1 Å². The Morgan fingerprint density at radius 2 is 1.85 bits per heavy atom. The van der Waals surface area contributed by atoms with E-state index in [0.717, 1.165) is 11.3 Å². The van der Waals surface area contributed by atoms with Crippen molar-refractivity contribution in [1.82, 2.24) is 0 Å². The van der Waals surface area contributed by atoms with Crippen LogP contribution in [0.2, 0.25) is 0 Å². The molecule has 0 fully saturated rings. The minimum absolute atomic E-state index is 0.0982. The summed E-state index contributed by atoms with van der Waals surface area (Å²) in [5, 5.41) is 12.0. The first-order chi connectivity index (χ1) is 9.72. The van der Waals surface area contributed by atoms with E-state index in [2.05, 4.69) is 5.32 Å². The third kappa shape index (κ3) is 3.59. The van der Waals surface area contributed by atoms with Gasteiger partial charge < -0.3 is 15.2 Å². The highest BCUT2D eigenvalue weighted by Crippen LogP contribution is 2.16. The van der Waals surface area contributed by atoms with Gasteiger partial charge in [-0.05, 0) is 23.8 Å². The molecule has 0 unspecified atom stereocenters. The highest BCUT2D eigenvalue weighted by molar-refractivity contribution is 5.92. The van der Waals surface area contributed by atoms with Gasteiger partial charge >= 0.3 is 0 Å². The van der Waals surface area contributed by atoms with Crippen LogP contribution in [0.5, 0.6) is 5.75 Å². The van der Waals surface area contributed by atoms with Crippen LogP contribution in [-0.4, -0.2) is 18.1 Å². The Labute approximate surface area is 118 Å². The minimum atomic E-state index is -0.115. The lowest BCUT2D eigenvalue weighted by molar-refractivity contribution is -0.115. The summed E-state index contributed by atoms with van der Waals surface area (Å²) in [7, 11) is 1.60. The predicted octanol–water partition coefficient (Wildman–Crippen LogP) is 2.37. The molecule has 4 heteroatoms. The van der Waals surface area contributed by atoms with E-state index in [4.69, 9.17) is 4.74 Å². The van der Waals surface area contributed by atoms with Crippen molar-refractivity contribution in [3.8, 4) is 5.75 Å². The van der Waals surface area contributed by atoms with Crippen molar-refractivity contribution in [2.75, 3.05) is 12.4 Å². The van der Waals surface area contributed by atoms with Crippen LogP contribution in [-0.2, 0) is 17.8 Å². The number of para-hydroxylation sites is 1. The fourth-order valence-electron chi connectivity index (χ4n) is 1.90. The van der Waals surface area contributed by atoms with E-state index in [1.165, 1.54) is 0 Å². The summed E-state index contributed by atoms with van der Waals surface area (Å²) in [5.41, 5.74) is 2.26. The number of aliphatic hydroxyl groups excluding tert-OH is 1. The molecule has 2 rings (SSSR count). The first-order valence-electron chi connectivity index (χ1n) is 6.34. The molecule has 0 bridgehead atoms. The number of amides is 1. The van der Waals surface area contributed by atoms with Gasteiger partial charge in [-0.2, -0.15) is 0 Å². The standard InChI is InChI=1S/C16H17NO3/c1-20-14-8-6-12(7-9-14)10-16(19)17-15-5-3-2-4-13(15)11-18/h2-9,18H,10-11H2,1H3,(H,17,19). The van der Waals surface area contributed by atoms with E-state index in [0.29, 0.717) is 11.3 Å². The largest absolute Gasteiger partial charge is 0.497 e. The Bertz CT molecular complexity index is 579. The van der Waals surface area contributed by atoms with Gasteiger partial charge in [-0.25, -0.2) is 0 Å². The second kappa shape index (κ2) is 6.73. The van der Waals surface area contributed by atoms with Gasteiger partial charge in [0, 0.05) is 11.3 Å². The lowest BCUT2D eigenvalue weighted by Gasteiger charge is -2.09. The molecule has 0 spiro atoms. The smallest absolute Gasteiger partial charge is 0.228 e. The summed E-state index contributed by atoms with van der Waals surface area (Å²) in [6.07, 6.45) is 0.282. The van der Waals surface area contributed by atoms with Crippen molar-refractivity contribution in [2.24, 2.45) is 0 Å². The molecule has 0 aliphatic rings. The van der Waals surface area contributed by atoms with E-state index in [1.807, 2.05) is 36.4 Å². The second-order valence-corrected chi connectivity index (χ2v) is 4.39. The number of benzene rings is 2.